The number of aromatic nitrogens is 2. The Labute approximate surface area is 146 Å². The van der Waals surface area contributed by atoms with Crippen molar-refractivity contribution >= 4 is 33.2 Å². The van der Waals surface area contributed by atoms with Crippen molar-refractivity contribution in [3.63, 3.8) is 0 Å². The summed E-state index contributed by atoms with van der Waals surface area (Å²) in [6, 6.07) is 4.76. The zero-order valence-electron chi connectivity index (χ0n) is 13.2. The molecule has 0 saturated heterocycles. The molecule has 0 fully saturated rings. The predicted octanol–water partition coefficient (Wildman–Crippen LogP) is 3.30. The van der Waals surface area contributed by atoms with Gasteiger partial charge in [-0.1, -0.05) is 15.9 Å². The number of amides is 1. The number of nitro groups is 1. The minimum atomic E-state index is -0.448. The van der Waals surface area contributed by atoms with E-state index in [4.69, 9.17) is 0 Å². The average Bonchev–Trinajstić information content (AvgIpc) is 2.77. The quantitative estimate of drug-likeness (QED) is 0.442. The highest BCUT2D eigenvalue weighted by atomic mass is 79.9. The van der Waals surface area contributed by atoms with Crippen LogP contribution in [0.5, 0.6) is 5.75 Å². The van der Waals surface area contributed by atoms with E-state index in [2.05, 4.69) is 26.3 Å². The van der Waals surface area contributed by atoms with Crippen LogP contribution in [0.15, 0.2) is 22.7 Å². The van der Waals surface area contributed by atoms with Gasteiger partial charge in [-0.2, -0.15) is 5.10 Å². The molecule has 1 heterocycles. The van der Waals surface area contributed by atoms with Gasteiger partial charge in [0.2, 0.25) is 5.91 Å². The van der Waals surface area contributed by atoms with E-state index < -0.39 is 4.92 Å². The molecule has 0 spiro atoms. The molecule has 0 aliphatic carbocycles. The van der Waals surface area contributed by atoms with Crippen molar-refractivity contribution in [1.82, 2.24) is 9.78 Å². The number of nitrogens with one attached hydrogen (secondary N) is 1. The fourth-order valence-electron chi connectivity index (χ4n) is 2.38. The fraction of sp³-hybridized carbons (Fsp3) is 0.333. The molecule has 1 aromatic carbocycles. The molecular weight excluding hydrogens is 380 g/mol. The Kier molecular flexibility index (Phi) is 5.55. The first kappa shape index (κ1) is 17.9. The lowest BCUT2D eigenvalue weighted by Crippen LogP contribution is -2.13. The van der Waals surface area contributed by atoms with Crippen molar-refractivity contribution in [2.75, 3.05) is 5.32 Å². The van der Waals surface area contributed by atoms with Crippen LogP contribution < -0.4 is 5.32 Å². The van der Waals surface area contributed by atoms with Gasteiger partial charge in [0.05, 0.1) is 10.6 Å². The van der Waals surface area contributed by atoms with Gasteiger partial charge < -0.3 is 10.4 Å². The molecule has 1 aromatic heterocycles. The van der Waals surface area contributed by atoms with Crippen molar-refractivity contribution in [3.8, 4) is 5.75 Å². The van der Waals surface area contributed by atoms with E-state index in [-0.39, 0.29) is 23.8 Å². The maximum Gasteiger partial charge on any atom is 0.312 e. The molecule has 2 rings (SSSR count). The normalized spacial score (nSPS) is 10.6. The summed E-state index contributed by atoms with van der Waals surface area (Å²) in [6.45, 7) is 3.63. The number of benzene rings is 1. The van der Waals surface area contributed by atoms with Crippen LogP contribution in [0.3, 0.4) is 0 Å². The molecule has 8 nitrogen and oxygen atoms in total. The highest BCUT2D eigenvalue weighted by Gasteiger charge is 2.21. The number of aryl methyl sites for hydroxylation is 2. The van der Waals surface area contributed by atoms with Crippen LogP contribution in [-0.4, -0.2) is 25.7 Å². The highest BCUT2D eigenvalue weighted by molar-refractivity contribution is 9.10. The predicted molar refractivity (Wildman–Crippen MR) is 92.0 cm³/mol. The summed E-state index contributed by atoms with van der Waals surface area (Å²) in [5, 5.41) is 27.4. The third-order valence-electron chi connectivity index (χ3n) is 3.53. The molecule has 0 bridgehead atoms. The van der Waals surface area contributed by atoms with Crippen molar-refractivity contribution in [1.29, 1.82) is 0 Å². The van der Waals surface area contributed by atoms with Crippen LogP contribution in [0.1, 0.15) is 24.2 Å². The van der Waals surface area contributed by atoms with Gasteiger partial charge in [-0.3, -0.25) is 19.6 Å². The molecule has 0 atom stereocenters. The highest BCUT2D eigenvalue weighted by Crippen LogP contribution is 2.27. The number of aromatic hydroxyl groups is 1. The van der Waals surface area contributed by atoms with Gasteiger partial charge in [0.25, 0.3) is 0 Å². The van der Waals surface area contributed by atoms with Crippen molar-refractivity contribution < 1.29 is 14.8 Å². The number of halogens is 1. The number of phenolic OH excluding ortho intramolecular Hbond substituents is 1. The topological polar surface area (TPSA) is 110 Å². The van der Waals surface area contributed by atoms with Gasteiger partial charge in [0, 0.05) is 17.4 Å². The molecule has 2 aromatic rings. The minimum Gasteiger partial charge on any atom is -0.506 e. The summed E-state index contributed by atoms with van der Waals surface area (Å²) < 4.78 is 2.28. The molecule has 9 heteroatoms. The second-order valence-electron chi connectivity index (χ2n) is 5.31. The molecule has 0 radical (unpaired) electrons. The van der Waals surface area contributed by atoms with E-state index in [1.165, 1.54) is 10.7 Å². The smallest absolute Gasteiger partial charge is 0.312 e. The number of phenols is 1. The van der Waals surface area contributed by atoms with Gasteiger partial charge >= 0.3 is 5.69 Å². The third-order valence-corrected chi connectivity index (χ3v) is 4.03. The van der Waals surface area contributed by atoms with Crippen molar-refractivity contribution in [2.45, 2.75) is 33.2 Å². The van der Waals surface area contributed by atoms with E-state index in [0.717, 1.165) is 4.47 Å². The van der Waals surface area contributed by atoms with Crippen LogP contribution in [0.25, 0.3) is 0 Å². The Morgan fingerprint density at radius 1 is 1.46 bits per heavy atom. The number of anilines is 1. The van der Waals surface area contributed by atoms with Gasteiger partial charge in [-0.25, -0.2) is 0 Å². The standard InChI is InChI=1S/C15H17BrN4O4/c1-9-15(20(23)24)10(2)19(18-9)7-3-4-14(22)17-12-8-11(16)5-6-13(12)21/h5-6,8,21H,3-4,7H2,1-2H3,(H,17,22). The van der Waals surface area contributed by atoms with Gasteiger partial charge in [-0.15, -0.1) is 0 Å². The Bertz CT molecular complexity index is 788. The summed E-state index contributed by atoms with van der Waals surface area (Å²) >= 11 is 3.27. The van der Waals surface area contributed by atoms with Crippen molar-refractivity contribution in [2.24, 2.45) is 0 Å². The van der Waals surface area contributed by atoms with E-state index >= 15 is 0 Å². The van der Waals surface area contributed by atoms with E-state index in [1.807, 2.05) is 0 Å². The minimum absolute atomic E-state index is 0.0125. The Morgan fingerprint density at radius 2 is 2.17 bits per heavy atom. The lowest BCUT2D eigenvalue weighted by atomic mass is 10.2. The molecule has 0 aliphatic rings. The largest absolute Gasteiger partial charge is 0.506 e. The molecule has 2 N–H and O–H groups in total. The van der Waals surface area contributed by atoms with E-state index in [0.29, 0.717) is 30.0 Å². The summed E-state index contributed by atoms with van der Waals surface area (Å²) in [5.41, 5.74) is 1.18. The van der Waals surface area contributed by atoms with E-state index in [9.17, 15) is 20.0 Å². The molecular formula is C15H17BrN4O4. The summed E-state index contributed by atoms with van der Waals surface area (Å²) in [5.74, 6) is -0.264. The van der Waals surface area contributed by atoms with Gasteiger partial charge in [0.1, 0.15) is 17.1 Å². The molecule has 0 unspecified atom stereocenters. The summed E-state index contributed by atoms with van der Waals surface area (Å²) in [4.78, 5) is 22.5. The molecule has 24 heavy (non-hydrogen) atoms. The number of rotatable bonds is 6. The SMILES string of the molecule is Cc1nn(CCCC(=O)Nc2cc(Br)ccc2O)c(C)c1[N+](=O)[O-]. The Balaban J connectivity index is 1.93. The zero-order chi connectivity index (χ0) is 17.9. The first-order valence-electron chi connectivity index (χ1n) is 7.26. The number of carbonyl (C=O) groups excluding carboxylic acids is 1. The summed E-state index contributed by atoms with van der Waals surface area (Å²) in [6.07, 6.45) is 0.678. The number of carbonyl (C=O) groups is 1. The first-order valence-corrected chi connectivity index (χ1v) is 8.05. The molecule has 1 amide bonds. The van der Waals surface area contributed by atoms with E-state index in [1.54, 1.807) is 26.0 Å². The monoisotopic (exact) mass is 396 g/mol. The number of nitrogens with zero attached hydrogens (tertiary/aromatic N) is 3. The van der Waals surface area contributed by atoms with Crippen LogP contribution in [-0.2, 0) is 11.3 Å². The zero-order valence-corrected chi connectivity index (χ0v) is 14.8. The van der Waals surface area contributed by atoms with Gasteiger partial charge in [-0.05, 0) is 38.5 Å². The maximum atomic E-state index is 12.0. The summed E-state index contributed by atoms with van der Waals surface area (Å²) in [7, 11) is 0. The average molecular weight is 397 g/mol. The number of hydrogen-bond acceptors (Lipinski definition) is 5. The third kappa shape index (κ3) is 4.10. The Hall–Kier alpha value is -2.42. The molecule has 0 aliphatic heterocycles. The first-order chi connectivity index (χ1) is 11.3. The molecule has 0 saturated carbocycles. The second-order valence-corrected chi connectivity index (χ2v) is 6.23. The lowest BCUT2D eigenvalue weighted by Gasteiger charge is -2.08. The van der Waals surface area contributed by atoms with Crippen LogP contribution in [0.2, 0.25) is 0 Å². The molecule has 128 valence electrons. The maximum absolute atomic E-state index is 12.0. The second kappa shape index (κ2) is 7.43. The van der Waals surface area contributed by atoms with Crippen LogP contribution in [0.4, 0.5) is 11.4 Å². The fourth-order valence-corrected chi connectivity index (χ4v) is 2.74. The van der Waals surface area contributed by atoms with Crippen LogP contribution in [0, 0.1) is 24.0 Å². The number of hydrogen-bond donors (Lipinski definition) is 2. The van der Waals surface area contributed by atoms with Crippen LogP contribution >= 0.6 is 15.9 Å². The van der Waals surface area contributed by atoms with Crippen molar-refractivity contribution in [3.05, 3.63) is 44.2 Å². The lowest BCUT2D eigenvalue weighted by molar-refractivity contribution is -0.386. The van der Waals surface area contributed by atoms with Gasteiger partial charge in [0.15, 0.2) is 0 Å². The Morgan fingerprint density at radius 3 is 2.79 bits per heavy atom.